The van der Waals surface area contributed by atoms with Crippen molar-refractivity contribution in [2.75, 3.05) is 13.1 Å². The monoisotopic (exact) mass is 329 g/mol. The van der Waals surface area contributed by atoms with E-state index in [1.165, 1.54) is 4.31 Å². The minimum atomic E-state index is -3.47. The molecule has 0 aliphatic heterocycles. The van der Waals surface area contributed by atoms with E-state index >= 15 is 0 Å². The van der Waals surface area contributed by atoms with E-state index in [4.69, 9.17) is 0 Å². The number of nitrogens with zero attached hydrogens (tertiary/aromatic N) is 1. The van der Waals surface area contributed by atoms with Crippen molar-refractivity contribution in [3.05, 3.63) is 55.1 Å². The van der Waals surface area contributed by atoms with Crippen molar-refractivity contribution < 1.29 is 8.42 Å². The van der Waals surface area contributed by atoms with Crippen molar-refractivity contribution in [3.63, 3.8) is 0 Å². The minimum absolute atomic E-state index is 0.272. The summed E-state index contributed by atoms with van der Waals surface area (Å²) in [5.74, 6) is 0. The molecule has 0 saturated heterocycles. The molecule has 1 rings (SSSR count). The summed E-state index contributed by atoms with van der Waals surface area (Å²) < 4.78 is 26.0. The van der Waals surface area contributed by atoms with Gasteiger partial charge in [0.2, 0.25) is 10.0 Å². The number of alkyl halides is 1. The number of rotatable bonds is 7. The van der Waals surface area contributed by atoms with Gasteiger partial charge in [-0.25, -0.2) is 8.42 Å². The van der Waals surface area contributed by atoms with Gasteiger partial charge in [0.1, 0.15) is 0 Å². The van der Waals surface area contributed by atoms with Gasteiger partial charge in [-0.3, -0.25) is 0 Å². The second-order valence-corrected chi connectivity index (χ2v) is 6.18. The largest absolute Gasteiger partial charge is 0.243 e. The summed E-state index contributed by atoms with van der Waals surface area (Å²) in [4.78, 5) is 0.288. The van der Waals surface area contributed by atoms with E-state index in [2.05, 4.69) is 29.1 Å². The fraction of sp³-hybridized carbons (Fsp3) is 0.231. The summed E-state index contributed by atoms with van der Waals surface area (Å²) in [6, 6.07) is 6.82. The van der Waals surface area contributed by atoms with Crippen molar-refractivity contribution in [2.45, 2.75) is 10.2 Å². The Bertz CT molecular complexity index is 498. The third-order valence-corrected chi connectivity index (χ3v) is 4.87. The van der Waals surface area contributed by atoms with E-state index in [-0.39, 0.29) is 18.0 Å². The van der Waals surface area contributed by atoms with Crippen LogP contribution in [0.2, 0.25) is 0 Å². The maximum atomic E-state index is 12.3. The Morgan fingerprint density at radius 3 is 2.00 bits per heavy atom. The zero-order valence-electron chi connectivity index (χ0n) is 10.0. The lowest BCUT2D eigenvalue weighted by atomic mass is 10.2. The molecule has 1 aromatic rings. The molecule has 5 heteroatoms. The van der Waals surface area contributed by atoms with Gasteiger partial charge in [-0.1, -0.05) is 40.2 Å². The van der Waals surface area contributed by atoms with Crippen molar-refractivity contribution in [2.24, 2.45) is 0 Å². The molecule has 0 aliphatic rings. The van der Waals surface area contributed by atoms with Crippen LogP contribution >= 0.6 is 15.9 Å². The molecule has 98 valence electrons. The third kappa shape index (κ3) is 3.54. The molecular formula is C13H16BrNO2S. The maximum Gasteiger partial charge on any atom is 0.243 e. The zero-order valence-corrected chi connectivity index (χ0v) is 12.5. The Balaban J connectivity index is 3.08. The summed E-state index contributed by atoms with van der Waals surface area (Å²) >= 11 is 3.32. The number of hydrogen-bond acceptors (Lipinski definition) is 2. The second-order valence-electron chi connectivity index (χ2n) is 3.68. The van der Waals surface area contributed by atoms with E-state index in [0.717, 1.165) is 5.56 Å². The van der Waals surface area contributed by atoms with Gasteiger partial charge in [0.25, 0.3) is 0 Å². The van der Waals surface area contributed by atoms with Crippen LogP contribution in [-0.2, 0) is 15.4 Å². The van der Waals surface area contributed by atoms with Crippen LogP contribution in [0.5, 0.6) is 0 Å². The average Bonchev–Trinajstić information content (AvgIpc) is 2.38. The summed E-state index contributed by atoms with van der Waals surface area (Å²) in [6.07, 6.45) is 3.13. The predicted molar refractivity (Wildman–Crippen MR) is 78.2 cm³/mol. The SMILES string of the molecule is C=CCN(CC=C)S(=O)(=O)c1ccc(CBr)cc1. The molecule has 1 aromatic carbocycles. The molecule has 0 amide bonds. The lowest BCUT2D eigenvalue weighted by Gasteiger charge is -2.19. The first-order chi connectivity index (χ1) is 8.56. The average molecular weight is 330 g/mol. The van der Waals surface area contributed by atoms with Crippen LogP contribution in [0, 0.1) is 0 Å². The van der Waals surface area contributed by atoms with Crippen molar-refractivity contribution >= 4 is 26.0 Å². The van der Waals surface area contributed by atoms with Gasteiger partial charge in [-0.05, 0) is 17.7 Å². The van der Waals surface area contributed by atoms with Crippen LogP contribution in [-0.4, -0.2) is 25.8 Å². The highest BCUT2D eigenvalue weighted by molar-refractivity contribution is 9.08. The zero-order chi connectivity index (χ0) is 13.6. The van der Waals surface area contributed by atoms with E-state index in [1.54, 1.807) is 36.4 Å². The highest BCUT2D eigenvalue weighted by Crippen LogP contribution is 2.17. The molecule has 0 saturated carbocycles. The smallest absolute Gasteiger partial charge is 0.207 e. The molecule has 0 fully saturated rings. The Labute approximate surface area is 117 Å². The van der Waals surface area contributed by atoms with Crippen molar-refractivity contribution in [1.29, 1.82) is 0 Å². The van der Waals surface area contributed by atoms with E-state index in [0.29, 0.717) is 5.33 Å². The first-order valence-corrected chi connectivity index (χ1v) is 7.99. The summed E-state index contributed by atoms with van der Waals surface area (Å²) in [7, 11) is -3.47. The molecule has 0 unspecified atom stereocenters. The van der Waals surface area contributed by atoms with Gasteiger partial charge in [0.05, 0.1) is 4.90 Å². The van der Waals surface area contributed by atoms with E-state index in [9.17, 15) is 8.42 Å². The first kappa shape index (κ1) is 15.1. The molecule has 0 N–H and O–H groups in total. The maximum absolute atomic E-state index is 12.3. The van der Waals surface area contributed by atoms with Crippen molar-refractivity contribution in [3.8, 4) is 0 Å². The molecule has 0 radical (unpaired) electrons. The van der Waals surface area contributed by atoms with Crippen LogP contribution in [0.1, 0.15) is 5.56 Å². The summed E-state index contributed by atoms with van der Waals surface area (Å²) in [6.45, 7) is 7.69. The minimum Gasteiger partial charge on any atom is -0.207 e. The highest BCUT2D eigenvalue weighted by atomic mass is 79.9. The van der Waals surface area contributed by atoms with E-state index < -0.39 is 10.0 Å². The third-order valence-electron chi connectivity index (χ3n) is 2.38. The standard InChI is InChI=1S/C13H16BrNO2S/c1-3-9-15(10-4-2)18(16,17)13-7-5-12(11-14)6-8-13/h3-8H,1-2,9-11H2. The normalized spacial score (nSPS) is 11.4. The van der Waals surface area contributed by atoms with Crippen LogP contribution in [0.15, 0.2) is 54.5 Å². The first-order valence-electron chi connectivity index (χ1n) is 5.43. The Hall–Kier alpha value is -0.910. The van der Waals surface area contributed by atoms with E-state index in [1.807, 2.05) is 0 Å². The molecule has 0 bridgehead atoms. The number of sulfonamides is 1. The topological polar surface area (TPSA) is 37.4 Å². The van der Waals surface area contributed by atoms with Crippen LogP contribution in [0.3, 0.4) is 0 Å². The van der Waals surface area contributed by atoms with Gasteiger partial charge in [-0.15, -0.1) is 13.2 Å². The van der Waals surface area contributed by atoms with Gasteiger partial charge >= 0.3 is 0 Å². The highest BCUT2D eigenvalue weighted by Gasteiger charge is 2.21. The number of benzene rings is 1. The Morgan fingerprint density at radius 2 is 1.61 bits per heavy atom. The second kappa shape index (κ2) is 6.87. The quantitative estimate of drug-likeness (QED) is 0.569. The number of hydrogen-bond donors (Lipinski definition) is 0. The fourth-order valence-electron chi connectivity index (χ4n) is 1.46. The van der Waals surface area contributed by atoms with Gasteiger partial charge in [-0.2, -0.15) is 4.31 Å². The molecule has 0 aromatic heterocycles. The number of halogens is 1. The van der Waals surface area contributed by atoms with Crippen LogP contribution in [0.4, 0.5) is 0 Å². The molecule has 3 nitrogen and oxygen atoms in total. The predicted octanol–water partition coefficient (Wildman–Crippen LogP) is 2.94. The Morgan fingerprint density at radius 1 is 1.11 bits per heavy atom. The van der Waals surface area contributed by atoms with Crippen LogP contribution < -0.4 is 0 Å². The molecule has 0 atom stereocenters. The molecule has 18 heavy (non-hydrogen) atoms. The van der Waals surface area contributed by atoms with Gasteiger partial charge in [0, 0.05) is 18.4 Å². The summed E-state index contributed by atoms with van der Waals surface area (Å²) in [5.41, 5.74) is 1.04. The van der Waals surface area contributed by atoms with Crippen LogP contribution in [0.25, 0.3) is 0 Å². The molecule has 0 spiro atoms. The van der Waals surface area contributed by atoms with Crippen molar-refractivity contribution in [1.82, 2.24) is 4.31 Å². The fourth-order valence-corrected chi connectivity index (χ4v) is 3.21. The lowest BCUT2D eigenvalue weighted by molar-refractivity contribution is 0.474. The van der Waals surface area contributed by atoms with Gasteiger partial charge < -0.3 is 0 Å². The molecule has 0 aliphatic carbocycles. The molecule has 0 heterocycles. The Kier molecular flexibility index (Phi) is 5.78. The molecular weight excluding hydrogens is 314 g/mol. The van der Waals surface area contributed by atoms with Gasteiger partial charge in [0.15, 0.2) is 0 Å². The summed E-state index contributed by atoms with van der Waals surface area (Å²) in [5, 5.41) is 0.705. The lowest BCUT2D eigenvalue weighted by Crippen LogP contribution is -2.31.